The van der Waals surface area contributed by atoms with Crippen molar-refractivity contribution in [2.45, 2.75) is 0 Å². The summed E-state index contributed by atoms with van der Waals surface area (Å²) < 4.78 is 0. The largest absolute Gasteiger partial charge is 0.478 e. The van der Waals surface area contributed by atoms with Crippen LogP contribution in [0.25, 0.3) is 6.08 Å². The minimum atomic E-state index is -1.14. The molecule has 0 aliphatic rings. The van der Waals surface area contributed by atoms with Gasteiger partial charge in [-0.15, -0.1) is 0 Å². The van der Waals surface area contributed by atoms with E-state index in [0.717, 1.165) is 6.08 Å². The number of hydrogen-bond acceptors (Lipinski definition) is 5. The number of amides is 1. The number of nitrogens with zero attached hydrogens (tertiary/aromatic N) is 2. The molecule has 0 aliphatic carbocycles. The number of carbonyl (C=O) groups excluding carboxylic acids is 1. The average Bonchev–Trinajstić information content (AvgIpc) is 2.44. The van der Waals surface area contributed by atoms with Gasteiger partial charge in [0, 0.05) is 26.2 Å². The Morgan fingerprint density at radius 2 is 2.14 bits per heavy atom. The molecule has 0 spiro atoms. The number of carbonyl (C=O) groups is 2. The molecule has 1 aromatic rings. The second kappa shape index (κ2) is 7.04. The number of aliphatic carboxylic acids is 1. The third kappa shape index (κ3) is 4.60. The minimum Gasteiger partial charge on any atom is -0.478 e. The van der Waals surface area contributed by atoms with Crippen LogP contribution in [-0.2, 0) is 9.59 Å². The topological polar surface area (TPSA) is 113 Å². The predicted octanol–water partition coefficient (Wildman–Crippen LogP) is 0.875. The fourth-order valence-electron chi connectivity index (χ4n) is 1.66. The number of nitrogens with one attached hydrogen (secondary N) is 1. The lowest BCUT2D eigenvalue weighted by Crippen LogP contribution is -2.33. The van der Waals surface area contributed by atoms with Gasteiger partial charge in [0.2, 0.25) is 5.91 Å². The number of anilines is 1. The molecule has 0 aliphatic heterocycles. The van der Waals surface area contributed by atoms with Gasteiger partial charge in [0.15, 0.2) is 0 Å². The second-order valence-electron chi connectivity index (χ2n) is 4.21. The number of nitro benzene ring substituents is 1. The van der Waals surface area contributed by atoms with E-state index in [1.54, 1.807) is 13.1 Å². The van der Waals surface area contributed by atoms with Crippen molar-refractivity contribution in [1.29, 1.82) is 0 Å². The van der Waals surface area contributed by atoms with Gasteiger partial charge in [-0.25, -0.2) is 4.79 Å². The molecular weight excluding hydrogens is 278 g/mol. The molecule has 8 heteroatoms. The summed E-state index contributed by atoms with van der Waals surface area (Å²) in [4.78, 5) is 33.7. The van der Waals surface area contributed by atoms with Crippen LogP contribution in [0.3, 0.4) is 0 Å². The molecule has 2 N–H and O–H groups in total. The van der Waals surface area contributed by atoms with Crippen LogP contribution in [0.15, 0.2) is 24.3 Å². The molecule has 0 bridgehead atoms. The van der Waals surface area contributed by atoms with Crippen molar-refractivity contribution in [3.05, 3.63) is 40.0 Å². The van der Waals surface area contributed by atoms with Gasteiger partial charge in [-0.3, -0.25) is 14.9 Å². The summed E-state index contributed by atoms with van der Waals surface area (Å²) in [6.07, 6.45) is 2.16. The van der Waals surface area contributed by atoms with Gasteiger partial charge in [0.1, 0.15) is 5.69 Å². The highest BCUT2D eigenvalue weighted by Crippen LogP contribution is 2.28. The Balaban J connectivity index is 3.13. The van der Waals surface area contributed by atoms with E-state index < -0.39 is 10.9 Å². The molecule has 21 heavy (non-hydrogen) atoms. The van der Waals surface area contributed by atoms with E-state index >= 15 is 0 Å². The van der Waals surface area contributed by atoms with E-state index in [-0.39, 0.29) is 23.8 Å². The maximum atomic E-state index is 11.3. The molecule has 8 nitrogen and oxygen atoms in total. The van der Waals surface area contributed by atoms with E-state index in [4.69, 9.17) is 5.11 Å². The number of benzene rings is 1. The maximum Gasteiger partial charge on any atom is 0.328 e. The van der Waals surface area contributed by atoms with Crippen LogP contribution in [0.1, 0.15) is 5.56 Å². The lowest BCUT2D eigenvalue weighted by molar-refractivity contribution is -0.384. The third-order valence-electron chi connectivity index (χ3n) is 2.69. The lowest BCUT2D eigenvalue weighted by Gasteiger charge is -2.18. The number of carboxylic acid groups (broad SMARTS) is 1. The molecule has 1 rings (SSSR count). The summed E-state index contributed by atoms with van der Waals surface area (Å²) in [5.74, 6) is -1.42. The van der Waals surface area contributed by atoms with Crippen molar-refractivity contribution in [2.75, 3.05) is 25.5 Å². The maximum absolute atomic E-state index is 11.3. The fraction of sp³-hybridized carbons (Fsp3) is 0.231. The zero-order chi connectivity index (χ0) is 16.0. The Morgan fingerprint density at radius 1 is 1.48 bits per heavy atom. The zero-order valence-corrected chi connectivity index (χ0v) is 11.6. The van der Waals surface area contributed by atoms with Crippen molar-refractivity contribution in [3.8, 4) is 0 Å². The summed E-state index contributed by atoms with van der Waals surface area (Å²) in [6, 6.07) is 4.28. The summed E-state index contributed by atoms with van der Waals surface area (Å²) in [7, 11) is 3.04. The molecule has 0 radical (unpaired) electrons. The van der Waals surface area contributed by atoms with Gasteiger partial charge in [0.05, 0.1) is 11.5 Å². The van der Waals surface area contributed by atoms with E-state index in [1.165, 1.54) is 30.2 Å². The molecule has 0 fully saturated rings. The number of hydrogen-bond donors (Lipinski definition) is 2. The SMILES string of the molecule is CNC(=O)CN(C)c1ccc(/C=C/C(=O)O)cc1[N+](=O)[O-]. The highest BCUT2D eigenvalue weighted by Gasteiger charge is 2.18. The molecule has 0 atom stereocenters. The van der Waals surface area contributed by atoms with E-state index in [2.05, 4.69) is 5.32 Å². The number of likely N-dealkylation sites (N-methyl/N-ethyl adjacent to an activating group) is 2. The number of carboxylic acids is 1. The average molecular weight is 293 g/mol. The molecule has 0 saturated carbocycles. The Hall–Kier alpha value is -2.90. The van der Waals surface area contributed by atoms with Gasteiger partial charge < -0.3 is 15.3 Å². The van der Waals surface area contributed by atoms with Crippen LogP contribution in [-0.4, -0.2) is 42.5 Å². The Kier molecular flexibility index (Phi) is 5.41. The molecule has 0 heterocycles. The molecule has 1 amide bonds. The Bertz CT molecular complexity index is 597. The zero-order valence-electron chi connectivity index (χ0n) is 11.6. The quantitative estimate of drug-likeness (QED) is 0.457. The van der Waals surface area contributed by atoms with Crippen molar-refractivity contribution in [1.82, 2.24) is 5.32 Å². The van der Waals surface area contributed by atoms with Gasteiger partial charge in [-0.2, -0.15) is 0 Å². The van der Waals surface area contributed by atoms with Crippen molar-refractivity contribution >= 4 is 29.3 Å². The molecule has 112 valence electrons. The first-order valence-corrected chi connectivity index (χ1v) is 5.96. The first kappa shape index (κ1) is 16.2. The number of nitro groups is 1. The Morgan fingerprint density at radius 3 is 2.67 bits per heavy atom. The summed E-state index contributed by atoms with van der Waals surface area (Å²) in [5.41, 5.74) is 0.464. The van der Waals surface area contributed by atoms with Gasteiger partial charge in [0.25, 0.3) is 5.69 Å². The standard InChI is InChI=1S/C13H15N3O5/c1-14-12(17)8-15(2)10-5-3-9(4-6-13(18)19)7-11(10)16(20)21/h3-7H,8H2,1-2H3,(H,14,17)(H,18,19)/b6-4+. The van der Waals surface area contributed by atoms with Crippen LogP contribution in [0.4, 0.5) is 11.4 Å². The van der Waals surface area contributed by atoms with Gasteiger partial charge in [-0.1, -0.05) is 6.07 Å². The highest BCUT2D eigenvalue weighted by atomic mass is 16.6. The molecule has 0 saturated heterocycles. The summed E-state index contributed by atoms with van der Waals surface area (Å²) in [6.45, 7) is -0.0261. The minimum absolute atomic E-state index is 0.0261. The van der Waals surface area contributed by atoms with E-state index in [0.29, 0.717) is 5.56 Å². The van der Waals surface area contributed by atoms with Crippen molar-refractivity contribution in [3.63, 3.8) is 0 Å². The Labute approximate surface area is 120 Å². The van der Waals surface area contributed by atoms with E-state index in [9.17, 15) is 19.7 Å². The highest BCUT2D eigenvalue weighted by molar-refractivity contribution is 5.86. The fourth-order valence-corrected chi connectivity index (χ4v) is 1.66. The van der Waals surface area contributed by atoms with E-state index in [1.807, 2.05) is 0 Å². The lowest BCUT2D eigenvalue weighted by atomic mass is 10.1. The molecular formula is C13H15N3O5. The monoisotopic (exact) mass is 293 g/mol. The van der Waals surface area contributed by atoms with Crippen LogP contribution in [0.2, 0.25) is 0 Å². The van der Waals surface area contributed by atoms with Crippen molar-refractivity contribution in [2.24, 2.45) is 0 Å². The first-order chi connectivity index (χ1) is 9.85. The van der Waals surface area contributed by atoms with Crippen LogP contribution >= 0.6 is 0 Å². The van der Waals surface area contributed by atoms with Crippen LogP contribution in [0, 0.1) is 10.1 Å². The smallest absolute Gasteiger partial charge is 0.328 e. The van der Waals surface area contributed by atoms with Crippen LogP contribution in [0.5, 0.6) is 0 Å². The molecule has 1 aromatic carbocycles. The van der Waals surface area contributed by atoms with Crippen LogP contribution < -0.4 is 10.2 Å². The predicted molar refractivity (Wildman–Crippen MR) is 77.1 cm³/mol. The summed E-state index contributed by atoms with van der Waals surface area (Å²) in [5, 5.41) is 22.1. The normalized spacial score (nSPS) is 10.4. The molecule has 0 unspecified atom stereocenters. The molecule has 0 aromatic heterocycles. The van der Waals surface area contributed by atoms with Gasteiger partial charge in [-0.05, 0) is 17.7 Å². The third-order valence-corrected chi connectivity index (χ3v) is 2.69. The second-order valence-corrected chi connectivity index (χ2v) is 4.21. The first-order valence-electron chi connectivity index (χ1n) is 5.96. The van der Waals surface area contributed by atoms with Gasteiger partial charge >= 0.3 is 5.97 Å². The van der Waals surface area contributed by atoms with Crippen molar-refractivity contribution < 1.29 is 19.6 Å². The number of rotatable bonds is 6. The summed E-state index contributed by atoms with van der Waals surface area (Å²) >= 11 is 0.